The lowest BCUT2D eigenvalue weighted by Crippen LogP contribution is -2.18. The molecule has 0 bridgehead atoms. The van der Waals surface area contributed by atoms with Crippen molar-refractivity contribution in [2.24, 2.45) is 5.90 Å². The van der Waals surface area contributed by atoms with Crippen molar-refractivity contribution in [3.8, 4) is 5.69 Å². The van der Waals surface area contributed by atoms with Gasteiger partial charge >= 0.3 is 5.69 Å². The molecule has 2 rings (SSSR count). The third-order valence-electron chi connectivity index (χ3n) is 2.68. The first-order valence-electron chi connectivity index (χ1n) is 5.41. The van der Waals surface area contributed by atoms with E-state index in [1.165, 1.54) is 0 Å². The second-order valence-corrected chi connectivity index (χ2v) is 3.82. The summed E-state index contributed by atoms with van der Waals surface area (Å²) in [5.41, 5.74) is 2.63. The summed E-state index contributed by atoms with van der Waals surface area (Å²) < 4.78 is 1.64. The first kappa shape index (κ1) is 11.6. The van der Waals surface area contributed by atoms with Crippen LogP contribution < -0.4 is 11.6 Å². The molecule has 5 nitrogen and oxygen atoms in total. The van der Waals surface area contributed by atoms with E-state index in [0.717, 1.165) is 16.9 Å². The fraction of sp³-hybridized carbons (Fsp3) is 0.250. The van der Waals surface area contributed by atoms with Crippen molar-refractivity contribution in [1.82, 2.24) is 9.55 Å². The maximum atomic E-state index is 11.7. The number of hydrogen-bond acceptors (Lipinski definition) is 3. The van der Waals surface area contributed by atoms with E-state index in [0.29, 0.717) is 13.0 Å². The Balaban J connectivity index is 2.48. The molecule has 0 radical (unpaired) electrons. The first-order valence-corrected chi connectivity index (χ1v) is 5.41. The van der Waals surface area contributed by atoms with Crippen molar-refractivity contribution in [1.29, 1.82) is 0 Å². The molecule has 0 saturated heterocycles. The van der Waals surface area contributed by atoms with Gasteiger partial charge in [0, 0.05) is 11.9 Å². The van der Waals surface area contributed by atoms with Crippen LogP contribution in [0.25, 0.3) is 5.69 Å². The number of benzene rings is 1. The highest BCUT2D eigenvalue weighted by Crippen LogP contribution is 2.14. The van der Waals surface area contributed by atoms with E-state index in [9.17, 15) is 4.79 Å². The smallest absolute Gasteiger partial charge is 0.312 e. The molecule has 2 aromatic rings. The zero-order chi connectivity index (χ0) is 12.3. The number of nitrogens with one attached hydrogen (secondary N) is 1. The van der Waals surface area contributed by atoms with E-state index in [1.807, 2.05) is 31.2 Å². The van der Waals surface area contributed by atoms with Crippen molar-refractivity contribution in [2.45, 2.75) is 13.3 Å². The molecule has 17 heavy (non-hydrogen) atoms. The third-order valence-corrected chi connectivity index (χ3v) is 2.68. The molecule has 0 aliphatic heterocycles. The van der Waals surface area contributed by atoms with Crippen molar-refractivity contribution >= 4 is 0 Å². The van der Waals surface area contributed by atoms with E-state index >= 15 is 0 Å². The summed E-state index contributed by atoms with van der Waals surface area (Å²) in [5.74, 6) is 5.03. The molecule has 0 amide bonds. The van der Waals surface area contributed by atoms with E-state index in [2.05, 4.69) is 9.82 Å². The highest BCUT2D eigenvalue weighted by Gasteiger charge is 2.08. The lowest BCUT2D eigenvalue weighted by molar-refractivity contribution is 0.141. The van der Waals surface area contributed by atoms with E-state index in [4.69, 9.17) is 5.90 Å². The molecule has 0 unspecified atom stereocenters. The van der Waals surface area contributed by atoms with Crippen molar-refractivity contribution in [3.63, 3.8) is 0 Å². The van der Waals surface area contributed by atoms with Crippen LogP contribution in [-0.2, 0) is 11.3 Å². The summed E-state index contributed by atoms with van der Waals surface area (Å²) in [4.78, 5) is 19.0. The number of hydrogen-bond donors (Lipinski definition) is 2. The molecule has 90 valence electrons. The van der Waals surface area contributed by atoms with Crippen LogP contribution in [0.1, 0.15) is 11.3 Å². The molecule has 1 aromatic heterocycles. The van der Waals surface area contributed by atoms with Gasteiger partial charge in [-0.1, -0.05) is 18.2 Å². The standard InChI is InChI=1S/C12H15N3O2/c1-9-8-14-12(16)15(9)11-5-3-2-4-10(11)6-7-17-13/h2-5,8H,6-7,13H2,1H3,(H,14,16). The molecular weight excluding hydrogens is 218 g/mol. The zero-order valence-corrected chi connectivity index (χ0v) is 9.64. The number of aryl methyl sites for hydroxylation is 1. The summed E-state index contributed by atoms with van der Waals surface area (Å²) in [6.07, 6.45) is 2.36. The third kappa shape index (κ3) is 2.30. The van der Waals surface area contributed by atoms with Crippen LogP contribution in [0.4, 0.5) is 0 Å². The average molecular weight is 233 g/mol. The summed E-state index contributed by atoms with van der Waals surface area (Å²) in [6, 6.07) is 7.71. The molecule has 5 heteroatoms. The van der Waals surface area contributed by atoms with E-state index in [1.54, 1.807) is 10.8 Å². The van der Waals surface area contributed by atoms with Gasteiger partial charge in [-0.2, -0.15) is 0 Å². The fourth-order valence-electron chi connectivity index (χ4n) is 1.86. The Morgan fingerprint density at radius 1 is 1.41 bits per heavy atom. The van der Waals surface area contributed by atoms with Crippen LogP contribution in [-0.4, -0.2) is 16.2 Å². The number of aromatic nitrogens is 2. The monoisotopic (exact) mass is 233 g/mol. The van der Waals surface area contributed by atoms with Crippen LogP contribution in [0.5, 0.6) is 0 Å². The molecule has 0 spiro atoms. The highest BCUT2D eigenvalue weighted by atomic mass is 16.6. The highest BCUT2D eigenvalue weighted by molar-refractivity contribution is 5.42. The fourth-order valence-corrected chi connectivity index (χ4v) is 1.86. The van der Waals surface area contributed by atoms with Gasteiger partial charge in [-0.25, -0.2) is 10.7 Å². The Kier molecular flexibility index (Phi) is 3.41. The normalized spacial score (nSPS) is 10.7. The van der Waals surface area contributed by atoms with Gasteiger partial charge in [-0.15, -0.1) is 0 Å². The molecule has 0 aliphatic carbocycles. The minimum absolute atomic E-state index is 0.136. The Morgan fingerprint density at radius 2 is 2.18 bits per heavy atom. The summed E-state index contributed by atoms with van der Waals surface area (Å²) in [6.45, 7) is 2.31. The number of para-hydroxylation sites is 1. The molecule has 0 fully saturated rings. The average Bonchev–Trinajstić information content (AvgIpc) is 2.67. The molecule has 1 heterocycles. The lowest BCUT2D eigenvalue weighted by Gasteiger charge is -2.10. The Labute approximate surface area is 98.8 Å². The first-order chi connectivity index (χ1) is 8.24. The van der Waals surface area contributed by atoms with E-state index < -0.39 is 0 Å². The number of rotatable bonds is 4. The van der Waals surface area contributed by atoms with Gasteiger partial charge in [-0.3, -0.25) is 4.57 Å². The second kappa shape index (κ2) is 4.99. The predicted molar refractivity (Wildman–Crippen MR) is 65.0 cm³/mol. The topological polar surface area (TPSA) is 73.0 Å². The van der Waals surface area contributed by atoms with Gasteiger partial charge in [0.05, 0.1) is 12.3 Å². The molecular formula is C12H15N3O2. The molecule has 1 aromatic carbocycles. The van der Waals surface area contributed by atoms with Crippen LogP contribution >= 0.6 is 0 Å². The molecule has 0 atom stereocenters. The minimum Gasteiger partial charge on any atom is -0.312 e. The predicted octanol–water partition coefficient (Wildman–Crippen LogP) is 0.907. The number of nitrogens with two attached hydrogens (primary N) is 1. The minimum atomic E-state index is -0.136. The van der Waals surface area contributed by atoms with Crippen LogP contribution in [0.15, 0.2) is 35.3 Å². The number of aromatic amines is 1. The SMILES string of the molecule is Cc1c[nH]c(=O)n1-c1ccccc1CCON. The number of nitrogens with zero attached hydrogens (tertiary/aromatic N) is 1. The lowest BCUT2D eigenvalue weighted by atomic mass is 10.1. The Morgan fingerprint density at radius 3 is 2.82 bits per heavy atom. The summed E-state index contributed by atoms with van der Waals surface area (Å²) in [7, 11) is 0. The van der Waals surface area contributed by atoms with Crippen molar-refractivity contribution in [2.75, 3.05) is 6.61 Å². The quantitative estimate of drug-likeness (QED) is 0.771. The number of imidazole rings is 1. The summed E-state index contributed by atoms with van der Waals surface area (Å²) in [5, 5.41) is 0. The van der Waals surface area contributed by atoms with Crippen molar-refractivity contribution in [3.05, 3.63) is 52.2 Å². The number of H-pyrrole nitrogens is 1. The second-order valence-electron chi connectivity index (χ2n) is 3.82. The van der Waals surface area contributed by atoms with Gasteiger partial charge in [0.25, 0.3) is 0 Å². The van der Waals surface area contributed by atoms with Gasteiger partial charge in [0.2, 0.25) is 0 Å². The molecule has 0 aliphatic rings. The Hall–Kier alpha value is -1.85. The Bertz CT molecular complexity index is 557. The van der Waals surface area contributed by atoms with Gasteiger partial charge in [-0.05, 0) is 25.0 Å². The van der Waals surface area contributed by atoms with Gasteiger partial charge in [0.15, 0.2) is 0 Å². The van der Waals surface area contributed by atoms with Gasteiger partial charge < -0.3 is 9.82 Å². The maximum absolute atomic E-state index is 11.7. The van der Waals surface area contributed by atoms with Crippen LogP contribution in [0.2, 0.25) is 0 Å². The maximum Gasteiger partial charge on any atom is 0.330 e. The van der Waals surface area contributed by atoms with Crippen LogP contribution in [0, 0.1) is 6.92 Å². The van der Waals surface area contributed by atoms with Crippen LogP contribution in [0.3, 0.4) is 0 Å². The van der Waals surface area contributed by atoms with Crippen molar-refractivity contribution < 1.29 is 4.84 Å². The van der Waals surface area contributed by atoms with Gasteiger partial charge in [0.1, 0.15) is 0 Å². The van der Waals surface area contributed by atoms with E-state index in [-0.39, 0.29) is 5.69 Å². The largest absolute Gasteiger partial charge is 0.330 e. The molecule has 3 N–H and O–H groups in total. The molecule has 0 saturated carbocycles. The zero-order valence-electron chi connectivity index (χ0n) is 9.64. The summed E-state index contributed by atoms with van der Waals surface area (Å²) >= 11 is 0.